The number of hydrogen-bond acceptors (Lipinski definition) is 1. The number of hydrogen-bond donors (Lipinski definition) is 0. The molecule has 2 aromatic carbocycles. The zero-order valence-electron chi connectivity index (χ0n) is 19.4. The van der Waals surface area contributed by atoms with E-state index < -0.39 is 8.32 Å². The molecule has 2 aromatic heterocycles. The SMILES string of the molecule is CC(C)(C)[Si](OCC1CCc2c(cc3ccccn23)C1)(c1ccccc1)c1ccccc1. The minimum Gasteiger partial charge on any atom is -0.407 e. The van der Waals surface area contributed by atoms with E-state index in [0.717, 1.165) is 19.4 Å². The summed E-state index contributed by atoms with van der Waals surface area (Å²) in [4.78, 5) is 0. The maximum absolute atomic E-state index is 7.23. The Hall–Kier alpha value is -2.62. The molecule has 3 heteroatoms. The molecule has 2 nitrogen and oxygen atoms in total. The van der Waals surface area contributed by atoms with Crippen LogP contribution in [-0.4, -0.2) is 19.3 Å². The number of pyridine rings is 1. The molecule has 1 aliphatic carbocycles. The largest absolute Gasteiger partial charge is 0.407 e. The van der Waals surface area contributed by atoms with E-state index in [1.54, 1.807) is 0 Å². The molecule has 0 aliphatic heterocycles. The maximum Gasteiger partial charge on any atom is 0.261 e. The minimum absolute atomic E-state index is 0.0281. The van der Waals surface area contributed by atoms with Crippen molar-refractivity contribution in [2.75, 3.05) is 6.61 Å². The van der Waals surface area contributed by atoms with E-state index in [4.69, 9.17) is 4.43 Å². The van der Waals surface area contributed by atoms with Crippen molar-refractivity contribution in [3.8, 4) is 0 Å². The summed E-state index contributed by atoms with van der Waals surface area (Å²) in [6.07, 6.45) is 5.62. The summed E-state index contributed by atoms with van der Waals surface area (Å²) < 4.78 is 9.60. The van der Waals surface area contributed by atoms with Crippen LogP contribution >= 0.6 is 0 Å². The zero-order valence-corrected chi connectivity index (χ0v) is 20.4. The Kier molecular flexibility index (Phi) is 5.56. The van der Waals surface area contributed by atoms with E-state index in [2.05, 4.69) is 116 Å². The minimum atomic E-state index is -2.46. The van der Waals surface area contributed by atoms with Gasteiger partial charge in [0.05, 0.1) is 0 Å². The van der Waals surface area contributed by atoms with Crippen LogP contribution in [0.15, 0.2) is 91.1 Å². The summed E-state index contributed by atoms with van der Waals surface area (Å²) in [5.41, 5.74) is 4.30. The first-order valence-corrected chi connectivity index (χ1v) is 13.7. The lowest BCUT2D eigenvalue weighted by atomic mass is 9.88. The van der Waals surface area contributed by atoms with Crippen LogP contribution in [0.5, 0.6) is 0 Å². The third-order valence-corrected chi connectivity index (χ3v) is 12.1. The van der Waals surface area contributed by atoms with Gasteiger partial charge in [-0.15, -0.1) is 0 Å². The van der Waals surface area contributed by atoms with Crippen molar-refractivity contribution in [3.05, 3.63) is 102 Å². The first-order chi connectivity index (χ1) is 15.5. The summed E-state index contributed by atoms with van der Waals surface area (Å²) in [7, 11) is -2.46. The molecule has 0 saturated carbocycles. The fourth-order valence-electron chi connectivity index (χ4n) is 5.59. The molecule has 0 amide bonds. The van der Waals surface area contributed by atoms with Gasteiger partial charge < -0.3 is 8.83 Å². The lowest BCUT2D eigenvalue weighted by Crippen LogP contribution is -2.67. The molecule has 2 heterocycles. The summed E-state index contributed by atoms with van der Waals surface area (Å²) in [5.74, 6) is 0.557. The van der Waals surface area contributed by atoms with Gasteiger partial charge in [0.25, 0.3) is 8.32 Å². The van der Waals surface area contributed by atoms with Gasteiger partial charge in [-0.05, 0) is 64.4 Å². The Morgan fingerprint density at radius 2 is 1.50 bits per heavy atom. The molecule has 0 radical (unpaired) electrons. The van der Waals surface area contributed by atoms with Crippen molar-refractivity contribution in [2.24, 2.45) is 5.92 Å². The summed E-state index contributed by atoms with van der Waals surface area (Å²) in [6.45, 7) is 7.90. The Morgan fingerprint density at radius 1 is 0.875 bits per heavy atom. The van der Waals surface area contributed by atoms with E-state index in [1.807, 2.05) is 0 Å². The fourth-order valence-corrected chi connectivity index (χ4v) is 10.2. The highest BCUT2D eigenvalue weighted by Gasteiger charge is 2.50. The summed E-state index contributed by atoms with van der Waals surface area (Å²) in [6, 6.07) is 30.8. The number of benzene rings is 2. The number of nitrogens with zero attached hydrogens (tertiary/aromatic N) is 1. The van der Waals surface area contributed by atoms with Crippen molar-refractivity contribution in [2.45, 2.75) is 45.1 Å². The predicted molar refractivity (Wildman–Crippen MR) is 136 cm³/mol. The van der Waals surface area contributed by atoms with Crippen molar-refractivity contribution in [1.29, 1.82) is 0 Å². The number of rotatable bonds is 5. The van der Waals surface area contributed by atoms with Crippen molar-refractivity contribution < 1.29 is 4.43 Å². The van der Waals surface area contributed by atoms with E-state index in [1.165, 1.54) is 33.6 Å². The highest BCUT2D eigenvalue weighted by atomic mass is 28.4. The first-order valence-electron chi connectivity index (χ1n) is 11.8. The van der Waals surface area contributed by atoms with Gasteiger partial charge in [-0.25, -0.2) is 0 Å². The van der Waals surface area contributed by atoms with Gasteiger partial charge in [-0.1, -0.05) is 87.5 Å². The number of aromatic nitrogens is 1. The second-order valence-electron chi connectivity index (χ2n) is 10.2. The van der Waals surface area contributed by atoms with Crippen molar-refractivity contribution in [1.82, 2.24) is 4.40 Å². The molecule has 164 valence electrons. The zero-order chi connectivity index (χ0) is 22.2. The Balaban J connectivity index is 1.47. The van der Waals surface area contributed by atoms with E-state index >= 15 is 0 Å². The molecule has 0 N–H and O–H groups in total. The quantitative estimate of drug-likeness (QED) is 0.368. The fraction of sp³-hybridized carbons (Fsp3) is 0.310. The van der Waals surface area contributed by atoms with E-state index in [-0.39, 0.29) is 5.04 Å². The van der Waals surface area contributed by atoms with E-state index in [9.17, 15) is 0 Å². The highest BCUT2D eigenvalue weighted by molar-refractivity contribution is 6.99. The maximum atomic E-state index is 7.23. The molecule has 4 aromatic rings. The lowest BCUT2D eigenvalue weighted by Gasteiger charge is -2.44. The first kappa shape index (κ1) is 21.2. The molecular formula is C29H33NOSi. The molecule has 0 fully saturated rings. The molecule has 0 bridgehead atoms. The predicted octanol–water partition coefficient (Wildman–Crippen LogP) is 5.62. The van der Waals surface area contributed by atoms with Gasteiger partial charge in [0.15, 0.2) is 0 Å². The third-order valence-electron chi connectivity index (χ3n) is 7.13. The Bertz CT molecular complexity index is 1150. The molecule has 5 rings (SSSR count). The molecule has 1 aliphatic rings. The monoisotopic (exact) mass is 439 g/mol. The molecule has 0 saturated heterocycles. The summed E-state index contributed by atoms with van der Waals surface area (Å²) in [5, 5.41) is 2.76. The smallest absolute Gasteiger partial charge is 0.261 e. The molecule has 32 heavy (non-hydrogen) atoms. The van der Waals surface area contributed by atoms with Gasteiger partial charge in [0.1, 0.15) is 0 Å². The van der Waals surface area contributed by atoms with Crippen LogP contribution in [-0.2, 0) is 17.3 Å². The van der Waals surface area contributed by atoms with Gasteiger partial charge in [0, 0.05) is 24.0 Å². The second-order valence-corrected chi connectivity index (χ2v) is 14.5. The topological polar surface area (TPSA) is 13.6 Å². The number of aryl methyl sites for hydroxylation is 1. The van der Waals surface area contributed by atoms with Gasteiger partial charge >= 0.3 is 0 Å². The average molecular weight is 440 g/mol. The molecule has 1 unspecified atom stereocenters. The van der Waals surface area contributed by atoms with Crippen LogP contribution in [0.1, 0.15) is 38.4 Å². The second kappa shape index (κ2) is 8.38. The van der Waals surface area contributed by atoms with Gasteiger partial charge in [0.2, 0.25) is 0 Å². The molecule has 1 atom stereocenters. The third kappa shape index (κ3) is 3.64. The standard InChI is InChI=1S/C29H33NOSi/c1-29(2,3)32(26-13-6-4-7-14-26,27-15-8-5-9-16-27)31-22-23-17-18-28-24(20-23)21-25-12-10-11-19-30(25)28/h4-16,19,21,23H,17-18,20,22H2,1-3H3. The van der Waals surface area contributed by atoms with Crippen LogP contribution in [0.3, 0.4) is 0 Å². The highest BCUT2D eigenvalue weighted by Crippen LogP contribution is 2.38. The van der Waals surface area contributed by atoms with Crippen LogP contribution in [0.4, 0.5) is 0 Å². The van der Waals surface area contributed by atoms with Crippen molar-refractivity contribution in [3.63, 3.8) is 0 Å². The normalized spacial score (nSPS) is 16.8. The van der Waals surface area contributed by atoms with Crippen LogP contribution < -0.4 is 10.4 Å². The Labute approximate surface area is 193 Å². The van der Waals surface area contributed by atoms with Crippen molar-refractivity contribution >= 4 is 24.2 Å². The van der Waals surface area contributed by atoms with E-state index in [0.29, 0.717) is 5.92 Å². The van der Waals surface area contributed by atoms with Gasteiger partial charge in [-0.3, -0.25) is 0 Å². The van der Waals surface area contributed by atoms with Crippen LogP contribution in [0, 0.1) is 5.92 Å². The lowest BCUT2D eigenvalue weighted by molar-refractivity contribution is 0.221. The average Bonchev–Trinajstić information content (AvgIpc) is 3.18. The Morgan fingerprint density at radius 3 is 2.12 bits per heavy atom. The number of fused-ring (bicyclic) bond motifs is 3. The molecule has 0 spiro atoms. The molecular weight excluding hydrogens is 406 g/mol. The van der Waals surface area contributed by atoms with Crippen LogP contribution in [0.25, 0.3) is 5.52 Å². The van der Waals surface area contributed by atoms with Crippen LogP contribution in [0.2, 0.25) is 5.04 Å². The van der Waals surface area contributed by atoms with Gasteiger partial charge in [-0.2, -0.15) is 0 Å². The summed E-state index contributed by atoms with van der Waals surface area (Å²) >= 11 is 0.